The van der Waals surface area contributed by atoms with Crippen molar-refractivity contribution in [2.24, 2.45) is 0 Å². The maximum absolute atomic E-state index is 13.8. The van der Waals surface area contributed by atoms with E-state index in [0.29, 0.717) is 5.75 Å². The van der Waals surface area contributed by atoms with Crippen LogP contribution in [0.1, 0.15) is 12.0 Å². The first kappa shape index (κ1) is 19.7. The Hall–Kier alpha value is -3.09. The van der Waals surface area contributed by atoms with Crippen LogP contribution in [-0.2, 0) is 14.3 Å². The number of halogens is 1. The summed E-state index contributed by atoms with van der Waals surface area (Å²) < 4.78 is 29.9. The van der Waals surface area contributed by atoms with Gasteiger partial charge in [0.15, 0.2) is 18.2 Å². The summed E-state index contributed by atoms with van der Waals surface area (Å²) in [5, 5.41) is 0. The number of ether oxygens (including phenoxy) is 3. The monoisotopic (exact) mass is 387 g/mol. The Morgan fingerprint density at radius 3 is 2.46 bits per heavy atom. The number of nitrogens with zero attached hydrogens (tertiary/aromatic N) is 1. The zero-order valence-electron chi connectivity index (χ0n) is 15.8. The molecule has 3 rings (SSSR count). The fraction of sp³-hybridized carbons (Fsp3) is 0.333. The predicted octanol–water partition coefficient (Wildman–Crippen LogP) is 2.73. The minimum Gasteiger partial charge on any atom is -0.485 e. The zero-order valence-corrected chi connectivity index (χ0v) is 15.8. The SMILES string of the molecule is COC(=O)[C@H]1C[C@H](Oc2ccccc2F)CN1C(=O)COc1ccccc1C. The molecule has 0 bridgehead atoms. The molecule has 1 aliphatic rings. The molecule has 0 spiro atoms. The largest absolute Gasteiger partial charge is 0.485 e. The molecule has 0 unspecified atom stereocenters. The normalized spacial score (nSPS) is 18.6. The quantitative estimate of drug-likeness (QED) is 0.713. The van der Waals surface area contributed by atoms with E-state index >= 15 is 0 Å². The van der Waals surface area contributed by atoms with Gasteiger partial charge in [-0.2, -0.15) is 0 Å². The Bertz CT molecular complexity index is 856. The molecular weight excluding hydrogens is 365 g/mol. The molecule has 1 heterocycles. The van der Waals surface area contributed by atoms with E-state index in [0.717, 1.165) is 5.56 Å². The molecule has 0 radical (unpaired) electrons. The third-order valence-electron chi connectivity index (χ3n) is 4.63. The number of likely N-dealkylation sites (tertiary alicyclic amines) is 1. The fourth-order valence-corrected chi connectivity index (χ4v) is 3.18. The average Bonchev–Trinajstić information content (AvgIpc) is 3.12. The van der Waals surface area contributed by atoms with E-state index in [4.69, 9.17) is 14.2 Å². The molecular formula is C21H22FNO5. The number of benzene rings is 2. The molecule has 0 saturated carbocycles. The van der Waals surface area contributed by atoms with Crippen molar-refractivity contribution < 1.29 is 28.2 Å². The molecule has 148 valence electrons. The van der Waals surface area contributed by atoms with E-state index < -0.39 is 23.9 Å². The van der Waals surface area contributed by atoms with E-state index in [-0.39, 0.29) is 31.2 Å². The lowest BCUT2D eigenvalue weighted by Crippen LogP contribution is -2.43. The first-order chi connectivity index (χ1) is 13.5. The Morgan fingerprint density at radius 2 is 1.79 bits per heavy atom. The molecule has 1 aliphatic heterocycles. The zero-order chi connectivity index (χ0) is 20.1. The molecule has 7 heteroatoms. The second-order valence-corrected chi connectivity index (χ2v) is 6.55. The number of aryl methyl sites for hydroxylation is 1. The number of hydrogen-bond donors (Lipinski definition) is 0. The van der Waals surface area contributed by atoms with Crippen molar-refractivity contribution >= 4 is 11.9 Å². The molecule has 0 aliphatic carbocycles. The first-order valence-corrected chi connectivity index (χ1v) is 8.96. The Morgan fingerprint density at radius 1 is 1.11 bits per heavy atom. The molecule has 1 amide bonds. The molecule has 0 N–H and O–H groups in total. The highest BCUT2D eigenvalue weighted by Gasteiger charge is 2.41. The number of hydrogen-bond acceptors (Lipinski definition) is 5. The highest BCUT2D eigenvalue weighted by molar-refractivity contribution is 5.86. The van der Waals surface area contributed by atoms with Crippen LogP contribution in [0.5, 0.6) is 11.5 Å². The number of carbonyl (C=O) groups is 2. The van der Waals surface area contributed by atoms with E-state index in [1.54, 1.807) is 18.2 Å². The second kappa shape index (κ2) is 8.73. The van der Waals surface area contributed by atoms with Crippen LogP contribution in [0.2, 0.25) is 0 Å². The van der Waals surface area contributed by atoms with Crippen LogP contribution in [0.4, 0.5) is 4.39 Å². The van der Waals surface area contributed by atoms with Gasteiger partial charge in [0.05, 0.1) is 13.7 Å². The number of amides is 1. The van der Waals surface area contributed by atoms with Crippen molar-refractivity contribution in [1.82, 2.24) is 4.90 Å². The summed E-state index contributed by atoms with van der Waals surface area (Å²) in [4.78, 5) is 26.2. The second-order valence-electron chi connectivity index (χ2n) is 6.55. The van der Waals surface area contributed by atoms with Crippen molar-refractivity contribution in [2.75, 3.05) is 20.3 Å². The van der Waals surface area contributed by atoms with E-state index in [9.17, 15) is 14.0 Å². The standard InChI is InChI=1S/C21H22FNO5/c1-14-7-3-5-9-18(14)27-13-20(24)23-12-15(11-17(23)21(25)26-2)28-19-10-6-4-8-16(19)22/h3-10,15,17H,11-13H2,1-2H3/t15-,17+/m0/s1. The lowest BCUT2D eigenvalue weighted by molar-refractivity contribution is -0.151. The van der Waals surface area contributed by atoms with Crippen molar-refractivity contribution in [3.8, 4) is 11.5 Å². The highest BCUT2D eigenvalue weighted by atomic mass is 19.1. The van der Waals surface area contributed by atoms with Crippen LogP contribution in [0.15, 0.2) is 48.5 Å². The summed E-state index contributed by atoms with van der Waals surface area (Å²) in [7, 11) is 1.26. The van der Waals surface area contributed by atoms with Gasteiger partial charge in [0.2, 0.25) is 0 Å². The van der Waals surface area contributed by atoms with Gasteiger partial charge in [-0.15, -0.1) is 0 Å². The van der Waals surface area contributed by atoms with Crippen LogP contribution in [0, 0.1) is 12.7 Å². The molecule has 6 nitrogen and oxygen atoms in total. The Balaban J connectivity index is 1.68. The smallest absolute Gasteiger partial charge is 0.328 e. The van der Waals surface area contributed by atoms with Gasteiger partial charge in [-0.05, 0) is 30.7 Å². The van der Waals surface area contributed by atoms with Crippen molar-refractivity contribution in [2.45, 2.75) is 25.5 Å². The molecule has 2 aromatic carbocycles. The summed E-state index contributed by atoms with van der Waals surface area (Å²) in [6.45, 7) is 1.81. The van der Waals surface area contributed by atoms with Gasteiger partial charge in [0.25, 0.3) is 5.91 Å². The van der Waals surface area contributed by atoms with Crippen molar-refractivity contribution in [3.63, 3.8) is 0 Å². The lowest BCUT2D eigenvalue weighted by Gasteiger charge is -2.22. The number of methoxy groups -OCH3 is 1. The molecule has 0 aromatic heterocycles. The fourth-order valence-electron chi connectivity index (χ4n) is 3.18. The maximum Gasteiger partial charge on any atom is 0.328 e. The van der Waals surface area contributed by atoms with Gasteiger partial charge in [0, 0.05) is 6.42 Å². The Labute approximate surface area is 162 Å². The molecule has 28 heavy (non-hydrogen) atoms. The van der Waals surface area contributed by atoms with Gasteiger partial charge in [-0.1, -0.05) is 30.3 Å². The van der Waals surface area contributed by atoms with Crippen LogP contribution in [0.3, 0.4) is 0 Å². The number of carbonyl (C=O) groups excluding carboxylic acids is 2. The predicted molar refractivity (Wildman–Crippen MR) is 99.6 cm³/mol. The Kier molecular flexibility index (Phi) is 6.13. The summed E-state index contributed by atoms with van der Waals surface area (Å²) >= 11 is 0. The molecule has 2 aromatic rings. The minimum atomic E-state index is -0.797. The third-order valence-corrected chi connectivity index (χ3v) is 4.63. The van der Waals surface area contributed by atoms with Crippen LogP contribution < -0.4 is 9.47 Å². The highest BCUT2D eigenvalue weighted by Crippen LogP contribution is 2.26. The van der Waals surface area contributed by atoms with E-state index in [1.165, 1.54) is 24.1 Å². The van der Waals surface area contributed by atoms with Crippen LogP contribution in [0.25, 0.3) is 0 Å². The molecule has 1 saturated heterocycles. The van der Waals surface area contributed by atoms with E-state index in [2.05, 4.69) is 0 Å². The first-order valence-electron chi connectivity index (χ1n) is 8.96. The van der Waals surface area contributed by atoms with Gasteiger partial charge >= 0.3 is 5.97 Å². The van der Waals surface area contributed by atoms with Crippen molar-refractivity contribution in [1.29, 1.82) is 0 Å². The summed E-state index contributed by atoms with van der Waals surface area (Å²) in [5.74, 6) is -0.711. The minimum absolute atomic E-state index is 0.0848. The number of para-hydroxylation sites is 2. The number of esters is 1. The molecule has 1 fully saturated rings. The summed E-state index contributed by atoms with van der Waals surface area (Å²) in [6.07, 6.45) is -0.305. The lowest BCUT2D eigenvalue weighted by atomic mass is 10.2. The third kappa shape index (κ3) is 4.42. The summed E-state index contributed by atoms with van der Waals surface area (Å²) in [5.41, 5.74) is 0.905. The van der Waals surface area contributed by atoms with Crippen molar-refractivity contribution in [3.05, 3.63) is 59.9 Å². The average molecular weight is 387 g/mol. The molecule has 2 atom stereocenters. The van der Waals surface area contributed by atoms with Crippen LogP contribution >= 0.6 is 0 Å². The maximum atomic E-state index is 13.8. The number of rotatable bonds is 6. The van der Waals surface area contributed by atoms with Gasteiger partial charge < -0.3 is 19.1 Å². The van der Waals surface area contributed by atoms with E-state index in [1.807, 2.05) is 25.1 Å². The van der Waals surface area contributed by atoms with Gasteiger partial charge in [0.1, 0.15) is 17.9 Å². The van der Waals surface area contributed by atoms with Crippen LogP contribution in [-0.4, -0.2) is 49.2 Å². The van der Waals surface area contributed by atoms with Gasteiger partial charge in [-0.25, -0.2) is 9.18 Å². The topological polar surface area (TPSA) is 65.1 Å². The van der Waals surface area contributed by atoms with Gasteiger partial charge in [-0.3, -0.25) is 4.79 Å². The summed E-state index contributed by atoms with van der Waals surface area (Å²) in [6, 6.07) is 12.6.